The number of hydrogen-bond acceptors (Lipinski definition) is 6. The minimum Gasteiger partial charge on any atom is -0.492 e. The number of benzene rings is 2. The predicted molar refractivity (Wildman–Crippen MR) is 143 cm³/mol. The van der Waals surface area contributed by atoms with E-state index in [1.54, 1.807) is 36.1 Å². The molecule has 0 radical (unpaired) electrons. The van der Waals surface area contributed by atoms with Crippen molar-refractivity contribution in [2.75, 3.05) is 37.8 Å². The Morgan fingerprint density at radius 2 is 1.69 bits per heavy atom. The molecule has 0 heterocycles. The van der Waals surface area contributed by atoms with Crippen LogP contribution in [0.3, 0.4) is 0 Å². The molecular weight excluding hydrogens is 534 g/mol. The summed E-state index contributed by atoms with van der Waals surface area (Å²) in [5.41, 5.74) is 0.849. The highest BCUT2D eigenvalue weighted by Gasteiger charge is 2.18. The Kier molecular flexibility index (Phi) is 13.6. The Bertz CT molecular complexity index is 894. The Morgan fingerprint density at radius 1 is 1.00 bits per heavy atom. The van der Waals surface area contributed by atoms with E-state index < -0.39 is 18.2 Å². The van der Waals surface area contributed by atoms with Crippen molar-refractivity contribution in [1.29, 1.82) is 0 Å². The van der Waals surface area contributed by atoms with Gasteiger partial charge in [-0.1, -0.05) is 41.4 Å². The van der Waals surface area contributed by atoms with Gasteiger partial charge in [0.15, 0.2) is 6.10 Å². The fourth-order valence-corrected chi connectivity index (χ4v) is 4.42. The van der Waals surface area contributed by atoms with E-state index >= 15 is 0 Å². The highest BCUT2D eigenvalue weighted by molar-refractivity contribution is 9.10. The minimum absolute atomic E-state index is 0.287. The number of hydrogen-bond donors (Lipinski definition) is 1. The van der Waals surface area contributed by atoms with Gasteiger partial charge in [0.05, 0.1) is 6.54 Å². The van der Waals surface area contributed by atoms with Crippen molar-refractivity contribution in [3.05, 3.63) is 58.6 Å². The number of unbranched alkanes of at least 4 members (excludes halogenated alkanes) is 1. The molecule has 0 fully saturated rings. The zero-order valence-electron chi connectivity index (χ0n) is 20.3. The fraction of sp³-hybridized carbons (Fsp3) is 0.462. The first-order valence-electron chi connectivity index (χ1n) is 11.8. The summed E-state index contributed by atoms with van der Waals surface area (Å²) in [4.78, 5) is 25.7. The van der Waals surface area contributed by atoms with Crippen LogP contribution in [-0.4, -0.2) is 66.0 Å². The van der Waals surface area contributed by atoms with Gasteiger partial charge in [-0.05, 0) is 61.1 Å². The standard InChI is InChI=1S/C26H34BrNO6S/c1-3-5-17-35-18-15-28(26(31)34-23-12-8-21(27)9-13-23)14-16-33-22-10-6-20(7-11-22)19-24(25(29)30)32-4-2/h6-13,24H,3-5,14-19H2,1-2H3,(H,29,30). The third-order valence-corrected chi connectivity index (χ3v) is 6.62. The SMILES string of the molecule is CCCCSCCN(CCOc1ccc(CC(OCC)C(=O)O)cc1)C(=O)Oc1ccc(Br)cc1. The Labute approximate surface area is 220 Å². The zero-order chi connectivity index (χ0) is 25.5. The van der Waals surface area contributed by atoms with E-state index in [0.717, 1.165) is 34.4 Å². The summed E-state index contributed by atoms with van der Waals surface area (Å²) in [7, 11) is 0. The summed E-state index contributed by atoms with van der Waals surface area (Å²) in [6, 6.07) is 14.4. The molecule has 2 aromatic carbocycles. The smallest absolute Gasteiger partial charge is 0.415 e. The molecule has 2 rings (SSSR count). The van der Waals surface area contributed by atoms with Crippen molar-refractivity contribution in [2.45, 2.75) is 39.2 Å². The number of carbonyl (C=O) groups excluding carboxylic acids is 1. The fourth-order valence-electron chi connectivity index (χ4n) is 3.11. The first-order valence-corrected chi connectivity index (χ1v) is 13.7. The molecule has 0 saturated heterocycles. The van der Waals surface area contributed by atoms with Gasteiger partial charge in [0, 0.05) is 29.8 Å². The third-order valence-electron chi connectivity index (χ3n) is 5.04. The van der Waals surface area contributed by atoms with E-state index in [1.165, 1.54) is 0 Å². The van der Waals surface area contributed by atoms with Gasteiger partial charge in [0.25, 0.3) is 0 Å². The highest BCUT2D eigenvalue weighted by atomic mass is 79.9. The van der Waals surface area contributed by atoms with E-state index in [9.17, 15) is 14.7 Å². The van der Waals surface area contributed by atoms with Crippen LogP contribution in [0, 0.1) is 0 Å². The average molecular weight is 569 g/mol. The molecule has 1 atom stereocenters. The number of carboxylic acids is 1. The first kappa shape index (κ1) is 29.0. The molecule has 0 aliphatic heterocycles. The van der Waals surface area contributed by atoms with Crippen molar-refractivity contribution in [3.63, 3.8) is 0 Å². The lowest BCUT2D eigenvalue weighted by Gasteiger charge is -2.22. The van der Waals surface area contributed by atoms with Crippen LogP contribution in [0.4, 0.5) is 4.79 Å². The number of carboxylic acid groups (broad SMARTS) is 1. The second-order valence-corrected chi connectivity index (χ2v) is 9.89. The van der Waals surface area contributed by atoms with Crippen LogP contribution < -0.4 is 9.47 Å². The monoisotopic (exact) mass is 567 g/mol. The van der Waals surface area contributed by atoms with Crippen molar-refractivity contribution >= 4 is 39.8 Å². The van der Waals surface area contributed by atoms with Crippen molar-refractivity contribution in [2.24, 2.45) is 0 Å². The van der Waals surface area contributed by atoms with E-state index in [-0.39, 0.29) is 6.42 Å². The summed E-state index contributed by atoms with van der Waals surface area (Å²) in [6.45, 7) is 5.54. The molecule has 0 saturated carbocycles. The molecule has 9 heteroatoms. The van der Waals surface area contributed by atoms with Gasteiger partial charge in [0.1, 0.15) is 18.1 Å². The molecule has 0 aliphatic carbocycles. The zero-order valence-corrected chi connectivity index (χ0v) is 22.7. The van der Waals surface area contributed by atoms with E-state index in [1.807, 2.05) is 36.0 Å². The molecule has 192 valence electrons. The van der Waals surface area contributed by atoms with Crippen LogP contribution in [0.2, 0.25) is 0 Å². The van der Waals surface area contributed by atoms with Crippen LogP contribution in [0.15, 0.2) is 53.0 Å². The van der Waals surface area contributed by atoms with Gasteiger partial charge >= 0.3 is 12.1 Å². The normalized spacial score (nSPS) is 11.6. The number of carbonyl (C=O) groups is 2. The summed E-state index contributed by atoms with van der Waals surface area (Å²) in [5, 5.41) is 9.25. The number of nitrogens with zero attached hydrogens (tertiary/aromatic N) is 1. The van der Waals surface area contributed by atoms with Crippen LogP contribution in [0.1, 0.15) is 32.3 Å². The lowest BCUT2D eigenvalue weighted by Crippen LogP contribution is -2.38. The molecule has 35 heavy (non-hydrogen) atoms. The Morgan fingerprint density at radius 3 is 2.31 bits per heavy atom. The topological polar surface area (TPSA) is 85.3 Å². The molecule has 0 spiro atoms. The van der Waals surface area contributed by atoms with E-state index in [4.69, 9.17) is 14.2 Å². The summed E-state index contributed by atoms with van der Waals surface area (Å²) >= 11 is 5.20. The maximum Gasteiger partial charge on any atom is 0.415 e. The number of ether oxygens (including phenoxy) is 3. The average Bonchev–Trinajstić information content (AvgIpc) is 2.84. The maximum absolute atomic E-state index is 12.8. The lowest BCUT2D eigenvalue weighted by molar-refractivity contribution is -0.149. The molecule has 1 unspecified atom stereocenters. The lowest BCUT2D eigenvalue weighted by atomic mass is 10.1. The Balaban J connectivity index is 1.89. The number of thioether (sulfide) groups is 1. The number of halogens is 1. The molecular formula is C26H34BrNO6S. The number of aliphatic carboxylic acids is 1. The molecule has 7 nitrogen and oxygen atoms in total. The second kappa shape index (κ2) is 16.4. The quantitative estimate of drug-likeness (QED) is 0.253. The van der Waals surface area contributed by atoms with Gasteiger partial charge in [-0.3, -0.25) is 0 Å². The first-order chi connectivity index (χ1) is 16.9. The summed E-state index contributed by atoms with van der Waals surface area (Å²) in [6.07, 6.45) is 1.32. The molecule has 0 aromatic heterocycles. The minimum atomic E-state index is -0.977. The van der Waals surface area contributed by atoms with Crippen LogP contribution in [0.25, 0.3) is 0 Å². The van der Waals surface area contributed by atoms with Crippen LogP contribution >= 0.6 is 27.7 Å². The highest BCUT2D eigenvalue weighted by Crippen LogP contribution is 2.18. The number of amides is 1. The van der Waals surface area contributed by atoms with Gasteiger partial charge in [-0.2, -0.15) is 11.8 Å². The molecule has 1 N–H and O–H groups in total. The van der Waals surface area contributed by atoms with Gasteiger partial charge in [-0.25, -0.2) is 9.59 Å². The van der Waals surface area contributed by atoms with E-state index in [0.29, 0.717) is 37.8 Å². The Hall–Kier alpha value is -2.23. The molecule has 2 aromatic rings. The molecule has 1 amide bonds. The van der Waals surface area contributed by atoms with Crippen LogP contribution in [-0.2, 0) is 16.0 Å². The largest absolute Gasteiger partial charge is 0.492 e. The summed E-state index contributed by atoms with van der Waals surface area (Å²) in [5.74, 6) is 2.06. The maximum atomic E-state index is 12.8. The van der Waals surface area contributed by atoms with Crippen molar-refractivity contribution in [1.82, 2.24) is 4.90 Å². The molecule has 0 bridgehead atoms. The predicted octanol–water partition coefficient (Wildman–Crippen LogP) is 5.89. The number of rotatable bonds is 16. The van der Waals surface area contributed by atoms with Crippen LogP contribution in [0.5, 0.6) is 11.5 Å². The summed E-state index contributed by atoms with van der Waals surface area (Å²) < 4.78 is 17.6. The molecule has 0 aliphatic rings. The van der Waals surface area contributed by atoms with Crippen molar-refractivity contribution < 1.29 is 28.9 Å². The second-order valence-electron chi connectivity index (χ2n) is 7.75. The van der Waals surface area contributed by atoms with Gasteiger partial charge in [0.2, 0.25) is 0 Å². The van der Waals surface area contributed by atoms with Gasteiger partial charge in [-0.15, -0.1) is 0 Å². The van der Waals surface area contributed by atoms with E-state index in [2.05, 4.69) is 22.9 Å². The van der Waals surface area contributed by atoms with Crippen molar-refractivity contribution in [3.8, 4) is 11.5 Å². The third kappa shape index (κ3) is 11.4. The van der Waals surface area contributed by atoms with Gasteiger partial charge < -0.3 is 24.2 Å².